The Balaban J connectivity index is 2.61. The first-order valence-electron chi connectivity index (χ1n) is 7.88. The Morgan fingerprint density at radius 1 is 0.893 bits per heavy atom. The molecule has 0 radical (unpaired) electrons. The number of carboxylic acid groups (broad SMARTS) is 3. The number of halogens is 1. The maximum Gasteiger partial charge on any atom is 0.328 e. The molecular weight excluding hydrogens is 381 g/mol. The standard InChI is InChI=1S/C16H18FN3O8/c17-9-3-1-8(2-4-9)13(23)19-11(15(26)27)7-18-16(28)20-10(14(24)25)5-6-12(21)22/h1-4,10-11H,5-7H2,(H,19,23)(H,21,22)(H,24,25)(H,26,27)(H2,18,20,28)/t10-,11-/m0/s1. The van der Waals surface area contributed by atoms with E-state index in [1.54, 1.807) is 0 Å². The Morgan fingerprint density at radius 2 is 1.46 bits per heavy atom. The minimum Gasteiger partial charge on any atom is -0.481 e. The van der Waals surface area contributed by atoms with Crippen LogP contribution in [-0.4, -0.2) is 63.8 Å². The molecule has 0 aromatic heterocycles. The second kappa shape index (κ2) is 10.4. The Labute approximate surface area is 157 Å². The first-order valence-corrected chi connectivity index (χ1v) is 7.88. The molecule has 1 rings (SSSR count). The van der Waals surface area contributed by atoms with Gasteiger partial charge in [0, 0.05) is 12.0 Å². The monoisotopic (exact) mass is 399 g/mol. The average Bonchev–Trinajstić information content (AvgIpc) is 2.61. The summed E-state index contributed by atoms with van der Waals surface area (Å²) in [6.45, 7) is -0.584. The zero-order chi connectivity index (χ0) is 21.3. The third kappa shape index (κ3) is 7.68. The number of benzene rings is 1. The highest BCUT2D eigenvalue weighted by Gasteiger charge is 2.24. The lowest BCUT2D eigenvalue weighted by molar-refractivity contribution is -0.141. The van der Waals surface area contributed by atoms with E-state index in [0.717, 1.165) is 24.3 Å². The Morgan fingerprint density at radius 3 is 1.96 bits per heavy atom. The molecule has 0 saturated carbocycles. The van der Waals surface area contributed by atoms with Gasteiger partial charge in [-0.25, -0.2) is 18.8 Å². The predicted octanol–water partition coefficient (Wildman–Crippen LogP) is -0.374. The maximum absolute atomic E-state index is 12.9. The minimum atomic E-state index is -1.55. The van der Waals surface area contributed by atoms with Crippen molar-refractivity contribution >= 4 is 29.8 Å². The van der Waals surface area contributed by atoms with E-state index < -0.39 is 60.7 Å². The zero-order valence-corrected chi connectivity index (χ0v) is 14.3. The lowest BCUT2D eigenvalue weighted by atomic mass is 10.1. The highest BCUT2D eigenvalue weighted by Crippen LogP contribution is 2.03. The summed E-state index contributed by atoms with van der Waals surface area (Å²) in [7, 11) is 0. The van der Waals surface area contributed by atoms with Crippen LogP contribution in [0, 0.1) is 5.82 Å². The Bertz CT molecular complexity index is 753. The summed E-state index contributed by atoms with van der Waals surface area (Å²) in [4.78, 5) is 56.5. The summed E-state index contributed by atoms with van der Waals surface area (Å²) in [5.41, 5.74) is -0.00304. The summed E-state index contributed by atoms with van der Waals surface area (Å²) in [5, 5.41) is 32.9. The number of urea groups is 1. The van der Waals surface area contributed by atoms with Crippen molar-refractivity contribution in [2.75, 3.05) is 6.54 Å². The highest BCUT2D eigenvalue weighted by molar-refractivity contribution is 5.96. The van der Waals surface area contributed by atoms with Crippen LogP contribution in [0.1, 0.15) is 23.2 Å². The van der Waals surface area contributed by atoms with Crippen LogP contribution in [0.15, 0.2) is 24.3 Å². The number of rotatable bonds is 10. The fraction of sp³-hybridized carbons (Fsp3) is 0.312. The van der Waals surface area contributed by atoms with Crippen LogP contribution in [0.2, 0.25) is 0 Å². The lowest BCUT2D eigenvalue weighted by Crippen LogP contribution is -2.52. The van der Waals surface area contributed by atoms with E-state index in [1.807, 2.05) is 5.32 Å². The second-order valence-corrected chi connectivity index (χ2v) is 5.55. The number of nitrogens with one attached hydrogen (secondary N) is 3. The summed E-state index contributed by atoms with van der Waals surface area (Å²) in [6, 6.07) is 0.214. The molecule has 2 atom stereocenters. The number of amides is 3. The zero-order valence-electron chi connectivity index (χ0n) is 14.3. The van der Waals surface area contributed by atoms with Crippen LogP contribution in [0.5, 0.6) is 0 Å². The van der Waals surface area contributed by atoms with Crippen molar-refractivity contribution < 1.29 is 43.7 Å². The molecule has 1 aromatic rings. The quantitative estimate of drug-likeness (QED) is 0.308. The van der Waals surface area contributed by atoms with Gasteiger partial charge in [0.2, 0.25) is 0 Å². The molecule has 0 spiro atoms. The number of carbonyl (C=O) groups is 5. The first kappa shape index (κ1) is 22.3. The normalized spacial score (nSPS) is 12.3. The summed E-state index contributed by atoms with van der Waals surface area (Å²) in [6.07, 6.45) is -0.871. The van der Waals surface area contributed by atoms with Crippen LogP contribution in [0.3, 0.4) is 0 Å². The van der Waals surface area contributed by atoms with Gasteiger partial charge in [-0.3, -0.25) is 9.59 Å². The van der Waals surface area contributed by atoms with Gasteiger partial charge in [0.1, 0.15) is 17.9 Å². The molecule has 0 aliphatic rings. The van der Waals surface area contributed by atoms with Gasteiger partial charge in [-0.1, -0.05) is 0 Å². The fourth-order valence-electron chi connectivity index (χ4n) is 1.97. The topological polar surface area (TPSA) is 182 Å². The van der Waals surface area contributed by atoms with Crippen molar-refractivity contribution in [2.45, 2.75) is 24.9 Å². The number of carboxylic acids is 3. The number of carbonyl (C=O) groups excluding carboxylic acids is 2. The Hall–Kier alpha value is -3.70. The average molecular weight is 399 g/mol. The molecule has 11 nitrogen and oxygen atoms in total. The molecule has 3 amide bonds. The molecule has 0 bridgehead atoms. The van der Waals surface area contributed by atoms with Gasteiger partial charge in [0.05, 0.1) is 6.54 Å². The lowest BCUT2D eigenvalue weighted by Gasteiger charge is -2.18. The molecule has 6 N–H and O–H groups in total. The minimum absolute atomic E-state index is 0.00304. The molecule has 12 heteroatoms. The molecule has 0 unspecified atom stereocenters. The maximum atomic E-state index is 12.9. The van der Waals surface area contributed by atoms with Gasteiger partial charge in [-0.15, -0.1) is 0 Å². The van der Waals surface area contributed by atoms with E-state index in [-0.39, 0.29) is 12.0 Å². The van der Waals surface area contributed by atoms with Crippen LogP contribution < -0.4 is 16.0 Å². The second-order valence-electron chi connectivity index (χ2n) is 5.55. The molecule has 0 heterocycles. The molecule has 152 valence electrons. The van der Waals surface area contributed by atoms with Crippen molar-refractivity contribution in [1.29, 1.82) is 0 Å². The SMILES string of the molecule is O=C(O)CC[C@H](NC(=O)NC[C@H](NC(=O)c1ccc(F)cc1)C(=O)O)C(=O)O. The molecule has 0 aliphatic heterocycles. The van der Waals surface area contributed by atoms with Crippen molar-refractivity contribution in [2.24, 2.45) is 0 Å². The van der Waals surface area contributed by atoms with Gasteiger partial charge >= 0.3 is 23.9 Å². The van der Waals surface area contributed by atoms with Gasteiger partial charge in [-0.05, 0) is 30.7 Å². The van der Waals surface area contributed by atoms with E-state index in [1.165, 1.54) is 0 Å². The van der Waals surface area contributed by atoms with E-state index >= 15 is 0 Å². The molecule has 28 heavy (non-hydrogen) atoms. The van der Waals surface area contributed by atoms with Gasteiger partial charge in [0.25, 0.3) is 5.91 Å². The van der Waals surface area contributed by atoms with Gasteiger partial charge < -0.3 is 31.3 Å². The molecule has 1 aromatic carbocycles. The van der Waals surface area contributed by atoms with Gasteiger partial charge in [-0.2, -0.15) is 0 Å². The van der Waals surface area contributed by atoms with Crippen LogP contribution in [0.4, 0.5) is 9.18 Å². The van der Waals surface area contributed by atoms with Crippen molar-refractivity contribution in [3.8, 4) is 0 Å². The smallest absolute Gasteiger partial charge is 0.328 e. The summed E-state index contributed by atoms with van der Waals surface area (Å²) >= 11 is 0. The van der Waals surface area contributed by atoms with Crippen molar-refractivity contribution in [1.82, 2.24) is 16.0 Å². The van der Waals surface area contributed by atoms with E-state index in [2.05, 4.69) is 10.6 Å². The largest absolute Gasteiger partial charge is 0.481 e. The molecular formula is C16H18FN3O8. The number of hydrogen-bond donors (Lipinski definition) is 6. The molecule has 0 aliphatic carbocycles. The van der Waals surface area contributed by atoms with E-state index in [4.69, 9.17) is 15.3 Å². The van der Waals surface area contributed by atoms with E-state index in [9.17, 15) is 28.4 Å². The third-order valence-corrected chi connectivity index (χ3v) is 3.43. The Kier molecular flexibility index (Phi) is 8.34. The van der Waals surface area contributed by atoms with E-state index in [0.29, 0.717) is 0 Å². The van der Waals surface area contributed by atoms with Gasteiger partial charge in [0.15, 0.2) is 0 Å². The summed E-state index contributed by atoms with van der Waals surface area (Å²) in [5.74, 6) is -5.59. The van der Waals surface area contributed by atoms with Crippen LogP contribution >= 0.6 is 0 Å². The highest BCUT2D eigenvalue weighted by atomic mass is 19.1. The number of aliphatic carboxylic acids is 3. The first-order chi connectivity index (χ1) is 13.1. The van der Waals surface area contributed by atoms with Crippen LogP contribution in [0.25, 0.3) is 0 Å². The summed E-state index contributed by atoms with van der Waals surface area (Å²) < 4.78 is 12.9. The van der Waals surface area contributed by atoms with Crippen molar-refractivity contribution in [3.05, 3.63) is 35.6 Å². The fourth-order valence-corrected chi connectivity index (χ4v) is 1.97. The molecule has 0 saturated heterocycles. The van der Waals surface area contributed by atoms with Crippen molar-refractivity contribution in [3.63, 3.8) is 0 Å². The molecule has 0 fully saturated rings. The third-order valence-electron chi connectivity index (χ3n) is 3.43. The predicted molar refractivity (Wildman–Crippen MR) is 90.1 cm³/mol. The number of hydrogen-bond acceptors (Lipinski definition) is 5. The van der Waals surface area contributed by atoms with Crippen LogP contribution in [-0.2, 0) is 14.4 Å².